The summed E-state index contributed by atoms with van der Waals surface area (Å²) in [5.74, 6) is -0.399. The van der Waals surface area contributed by atoms with Crippen LogP contribution in [-0.2, 0) is 11.2 Å². The highest BCUT2D eigenvalue weighted by molar-refractivity contribution is 5.92. The predicted molar refractivity (Wildman–Crippen MR) is 77.1 cm³/mol. The highest BCUT2D eigenvalue weighted by Gasteiger charge is 2.11. The zero-order valence-corrected chi connectivity index (χ0v) is 11.3. The van der Waals surface area contributed by atoms with Crippen LogP contribution in [0, 0.1) is 0 Å². The molecule has 0 aliphatic heterocycles. The van der Waals surface area contributed by atoms with Crippen molar-refractivity contribution in [1.82, 2.24) is 9.97 Å². The lowest BCUT2D eigenvalue weighted by Crippen LogP contribution is -2.25. The summed E-state index contributed by atoms with van der Waals surface area (Å²) in [6, 6.07) is 8.01. The Labute approximate surface area is 119 Å². The third kappa shape index (κ3) is 3.90. The molecule has 0 bridgehead atoms. The van der Waals surface area contributed by atoms with Crippen LogP contribution in [0.3, 0.4) is 0 Å². The average Bonchev–Trinajstić information content (AvgIpc) is 2.37. The van der Waals surface area contributed by atoms with Gasteiger partial charge in [0.15, 0.2) is 0 Å². The van der Waals surface area contributed by atoms with Crippen molar-refractivity contribution < 1.29 is 9.90 Å². The number of para-hydroxylation sites is 1. The monoisotopic (exact) mass is 289 g/mol. The summed E-state index contributed by atoms with van der Waals surface area (Å²) >= 11 is 0. The number of benzene rings is 1. The standard InChI is InChI=1S/C14H15N3O4/c1-8(18)10-4-2-3-5-11(10)16-12(19)6-9-7-13(20)17-14(21)15-9/h2-5,7-8,18H,6H2,1H3,(H,16,19)(H2,15,17,20,21). The van der Waals surface area contributed by atoms with Gasteiger partial charge in [-0.05, 0) is 13.0 Å². The summed E-state index contributed by atoms with van der Waals surface area (Å²) in [5.41, 5.74) is 0.0753. The van der Waals surface area contributed by atoms with Crippen molar-refractivity contribution in [2.75, 3.05) is 5.32 Å². The highest BCUT2D eigenvalue weighted by atomic mass is 16.3. The van der Waals surface area contributed by atoms with Gasteiger partial charge < -0.3 is 15.4 Å². The number of amides is 1. The Hall–Kier alpha value is -2.67. The topological polar surface area (TPSA) is 115 Å². The molecule has 21 heavy (non-hydrogen) atoms. The number of hydrogen-bond donors (Lipinski definition) is 4. The van der Waals surface area contributed by atoms with Gasteiger partial charge in [-0.2, -0.15) is 0 Å². The molecule has 7 heteroatoms. The lowest BCUT2D eigenvalue weighted by atomic mass is 10.1. The van der Waals surface area contributed by atoms with Gasteiger partial charge in [-0.3, -0.25) is 14.6 Å². The van der Waals surface area contributed by atoms with Crippen molar-refractivity contribution in [1.29, 1.82) is 0 Å². The van der Waals surface area contributed by atoms with E-state index in [0.717, 1.165) is 6.07 Å². The van der Waals surface area contributed by atoms with Crippen molar-refractivity contribution >= 4 is 11.6 Å². The van der Waals surface area contributed by atoms with Crippen LogP contribution in [-0.4, -0.2) is 21.0 Å². The molecule has 0 radical (unpaired) electrons. The molecule has 1 aromatic heterocycles. The van der Waals surface area contributed by atoms with E-state index in [1.807, 2.05) is 4.98 Å². The van der Waals surface area contributed by atoms with Crippen molar-refractivity contribution in [2.45, 2.75) is 19.4 Å². The fourth-order valence-electron chi connectivity index (χ4n) is 1.96. The maximum Gasteiger partial charge on any atom is 0.325 e. The van der Waals surface area contributed by atoms with Crippen LogP contribution >= 0.6 is 0 Å². The average molecular weight is 289 g/mol. The van der Waals surface area contributed by atoms with Gasteiger partial charge in [-0.25, -0.2) is 4.79 Å². The van der Waals surface area contributed by atoms with E-state index in [-0.39, 0.29) is 12.1 Å². The molecule has 1 atom stereocenters. The van der Waals surface area contributed by atoms with Crippen molar-refractivity contribution in [3.8, 4) is 0 Å². The number of H-pyrrole nitrogens is 2. The maximum atomic E-state index is 12.0. The molecule has 0 aliphatic carbocycles. The zero-order valence-electron chi connectivity index (χ0n) is 11.3. The molecule has 0 aliphatic rings. The van der Waals surface area contributed by atoms with Gasteiger partial charge in [0.05, 0.1) is 12.5 Å². The fourth-order valence-corrected chi connectivity index (χ4v) is 1.96. The van der Waals surface area contributed by atoms with Gasteiger partial charge in [0, 0.05) is 23.0 Å². The minimum atomic E-state index is -0.721. The molecule has 7 nitrogen and oxygen atoms in total. The van der Waals surface area contributed by atoms with Crippen molar-refractivity contribution in [3.63, 3.8) is 0 Å². The molecule has 1 aromatic carbocycles. The number of nitrogens with one attached hydrogen (secondary N) is 3. The summed E-state index contributed by atoms with van der Waals surface area (Å²) < 4.78 is 0. The molecule has 0 saturated heterocycles. The number of hydrogen-bond acceptors (Lipinski definition) is 4. The molecule has 1 heterocycles. The number of carbonyl (C=O) groups excluding carboxylic acids is 1. The third-order valence-corrected chi connectivity index (χ3v) is 2.85. The van der Waals surface area contributed by atoms with Crippen LogP contribution < -0.4 is 16.6 Å². The second-order valence-electron chi connectivity index (χ2n) is 4.60. The first-order valence-electron chi connectivity index (χ1n) is 6.35. The van der Waals surface area contributed by atoms with Gasteiger partial charge in [0.1, 0.15) is 0 Å². The largest absolute Gasteiger partial charge is 0.389 e. The van der Waals surface area contributed by atoms with Gasteiger partial charge >= 0.3 is 5.69 Å². The van der Waals surface area contributed by atoms with Crippen LogP contribution in [0.2, 0.25) is 0 Å². The minimum Gasteiger partial charge on any atom is -0.389 e. The SMILES string of the molecule is CC(O)c1ccccc1NC(=O)Cc1cc(=O)[nH]c(=O)[nH]1. The Balaban J connectivity index is 2.15. The first-order valence-corrected chi connectivity index (χ1v) is 6.35. The number of aromatic amines is 2. The third-order valence-electron chi connectivity index (χ3n) is 2.85. The van der Waals surface area contributed by atoms with E-state index in [1.54, 1.807) is 31.2 Å². The van der Waals surface area contributed by atoms with E-state index in [9.17, 15) is 19.5 Å². The summed E-state index contributed by atoms with van der Waals surface area (Å²) in [6.07, 6.45) is -0.867. The number of rotatable bonds is 4. The molecule has 1 unspecified atom stereocenters. The van der Waals surface area contributed by atoms with Crippen molar-refractivity contribution in [2.24, 2.45) is 0 Å². The van der Waals surface area contributed by atoms with Crippen LogP contribution in [0.25, 0.3) is 0 Å². The quantitative estimate of drug-likeness (QED) is 0.647. The minimum absolute atomic E-state index is 0.146. The first-order chi connectivity index (χ1) is 9.95. The normalized spacial score (nSPS) is 11.9. The molecule has 0 fully saturated rings. The Kier molecular flexibility index (Phi) is 4.34. The van der Waals surface area contributed by atoms with E-state index in [1.165, 1.54) is 0 Å². The van der Waals surface area contributed by atoms with Crippen LogP contribution in [0.5, 0.6) is 0 Å². The Morgan fingerprint density at radius 2 is 2.00 bits per heavy atom. The molecular weight excluding hydrogens is 274 g/mol. The second-order valence-corrected chi connectivity index (χ2v) is 4.60. The summed E-state index contributed by atoms with van der Waals surface area (Å²) in [5, 5.41) is 12.3. The molecule has 1 amide bonds. The number of aliphatic hydroxyl groups excluding tert-OH is 1. The van der Waals surface area contributed by atoms with Crippen LogP contribution in [0.4, 0.5) is 5.69 Å². The van der Waals surface area contributed by atoms with Gasteiger partial charge in [0.25, 0.3) is 5.56 Å². The first kappa shape index (κ1) is 14.7. The summed E-state index contributed by atoms with van der Waals surface area (Å²) in [7, 11) is 0. The van der Waals surface area contributed by atoms with Gasteiger partial charge in [-0.15, -0.1) is 0 Å². The van der Waals surface area contributed by atoms with Gasteiger partial charge in [0.2, 0.25) is 5.91 Å². The molecule has 4 N–H and O–H groups in total. The number of anilines is 1. The van der Waals surface area contributed by atoms with Crippen LogP contribution in [0.15, 0.2) is 39.9 Å². The summed E-state index contributed by atoms with van der Waals surface area (Å²) in [4.78, 5) is 38.6. The van der Waals surface area contributed by atoms with E-state index >= 15 is 0 Å². The maximum absolute atomic E-state index is 12.0. The number of aromatic nitrogens is 2. The molecule has 2 aromatic rings. The smallest absolute Gasteiger partial charge is 0.325 e. The van der Waals surface area contributed by atoms with E-state index in [2.05, 4.69) is 10.3 Å². The number of carbonyl (C=O) groups is 1. The zero-order chi connectivity index (χ0) is 15.4. The molecule has 0 saturated carbocycles. The summed E-state index contributed by atoms with van der Waals surface area (Å²) in [6.45, 7) is 1.60. The van der Waals surface area contributed by atoms with E-state index in [4.69, 9.17) is 0 Å². The molecule has 0 spiro atoms. The fraction of sp³-hybridized carbons (Fsp3) is 0.214. The lowest BCUT2D eigenvalue weighted by molar-refractivity contribution is -0.115. The van der Waals surface area contributed by atoms with E-state index in [0.29, 0.717) is 11.3 Å². The highest BCUT2D eigenvalue weighted by Crippen LogP contribution is 2.22. The van der Waals surface area contributed by atoms with Gasteiger partial charge in [-0.1, -0.05) is 18.2 Å². The lowest BCUT2D eigenvalue weighted by Gasteiger charge is -2.12. The molecular formula is C14H15N3O4. The molecule has 2 rings (SSSR count). The second kappa shape index (κ2) is 6.19. The predicted octanol–water partition coefficient (Wildman–Crippen LogP) is 0.298. The molecule has 110 valence electrons. The Bertz CT molecular complexity index is 733. The van der Waals surface area contributed by atoms with Crippen molar-refractivity contribution in [3.05, 3.63) is 62.4 Å². The number of aliphatic hydroxyl groups is 1. The Morgan fingerprint density at radius 1 is 1.29 bits per heavy atom. The Morgan fingerprint density at radius 3 is 2.67 bits per heavy atom. The van der Waals surface area contributed by atoms with Crippen LogP contribution in [0.1, 0.15) is 24.3 Å². The van der Waals surface area contributed by atoms with E-state index < -0.39 is 23.3 Å².